The highest BCUT2D eigenvalue weighted by atomic mass is 19.1. The van der Waals surface area contributed by atoms with Crippen LogP contribution in [0.1, 0.15) is 18.2 Å². The van der Waals surface area contributed by atoms with Gasteiger partial charge in [0.15, 0.2) is 5.82 Å². The van der Waals surface area contributed by atoms with E-state index >= 15 is 0 Å². The van der Waals surface area contributed by atoms with Crippen LogP contribution in [0, 0.1) is 12.7 Å². The topological polar surface area (TPSA) is 61.6 Å². The second-order valence-corrected chi connectivity index (χ2v) is 6.39. The van der Waals surface area contributed by atoms with Crippen LogP contribution in [0.15, 0.2) is 34.9 Å². The van der Waals surface area contributed by atoms with Crippen molar-refractivity contribution in [3.8, 4) is 0 Å². The molecule has 1 N–H and O–H groups in total. The average molecular weight is 346 g/mol. The van der Waals surface area contributed by atoms with Gasteiger partial charge < -0.3 is 9.84 Å². The lowest BCUT2D eigenvalue weighted by atomic mass is 10.1. The van der Waals surface area contributed by atoms with E-state index in [1.54, 1.807) is 19.1 Å². The van der Waals surface area contributed by atoms with E-state index in [9.17, 15) is 9.18 Å². The van der Waals surface area contributed by atoms with Crippen molar-refractivity contribution in [1.29, 1.82) is 0 Å². The monoisotopic (exact) mass is 346 g/mol. The lowest BCUT2D eigenvalue weighted by Crippen LogP contribution is -2.52. The van der Waals surface area contributed by atoms with Gasteiger partial charge in [-0.25, -0.2) is 4.39 Å². The molecular weight excluding hydrogens is 323 g/mol. The minimum atomic E-state index is -0.257. The molecule has 1 amide bonds. The summed E-state index contributed by atoms with van der Waals surface area (Å²) in [7, 11) is 0. The maximum Gasteiger partial charge on any atom is 0.242 e. The minimum Gasteiger partial charge on any atom is -0.360 e. The number of benzene rings is 1. The lowest BCUT2D eigenvalue weighted by Gasteiger charge is -2.37. The molecule has 6 nitrogen and oxygen atoms in total. The Morgan fingerprint density at radius 2 is 2.04 bits per heavy atom. The molecule has 1 aliphatic rings. The van der Waals surface area contributed by atoms with E-state index < -0.39 is 0 Å². The van der Waals surface area contributed by atoms with Crippen LogP contribution in [-0.2, 0) is 11.3 Å². The molecule has 0 aliphatic carbocycles. The largest absolute Gasteiger partial charge is 0.360 e. The van der Waals surface area contributed by atoms with E-state index in [2.05, 4.69) is 20.3 Å². The number of anilines is 1. The van der Waals surface area contributed by atoms with Crippen LogP contribution < -0.4 is 5.32 Å². The SMILES string of the molecule is Cc1cc(NC(=O)[C@H](C)N2CCN(Cc3ccccc3F)CC2)no1. The van der Waals surface area contributed by atoms with Crippen molar-refractivity contribution in [3.63, 3.8) is 0 Å². The Morgan fingerprint density at radius 3 is 2.68 bits per heavy atom. The van der Waals surface area contributed by atoms with E-state index in [1.807, 2.05) is 19.1 Å². The van der Waals surface area contributed by atoms with E-state index in [4.69, 9.17) is 4.52 Å². The zero-order chi connectivity index (χ0) is 17.8. The quantitative estimate of drug-likeness (QED) is 0.900. The molecule has 0 unspecified atom stereocenters. The highest BCUT2D eigenvalue weighted by Gasteiger charge is 2.26. The number of halogens is 1. The summed E-state index contributed by atoms with van der Waals surface area (Å²) in [5, 5.41) is 6.55. The first-order valence-corrected chi connectivity index (χ1v) is 8.47. The van der Waals surface area contributed by atoms with Crippen molar-refractivity contribution in [1.82, 2.24) is 15.0 Å². The molecule has 0 saturated carbocycles. The molecule has 0 spiro atoms. The summed E-state index contributed by atoms with van der Waals surface area (Å²) >= 11 is 0. The van der Waals surface area contributed by atoms with Crippen molar-refractivity contribution < 1.29 is 13.7 Å². The van der Waals surface area contributed by atoms with Crippen LogP contribution in [0.3, 0.4) is 0 Å². The Kier molecular flexibility index (Phi) is 5.45. The summed E-state index contributed by atoms with van der Waals surface area (Å²) in [5.41, 5.74) is 0.711. The Labute approximate surface area is 146 Å². The molecule has 1 atom stereocenters. The molecule has 1 saturated heterocycles. The second-order valence-electron chi connectivity index (χ2n) is 6.39. The van der Waals surface area contributed by atoms with Gasteiger partial charge in [-0.05, 0) is 19.9 Å². The van der Waals surface area contributed by atoms with Gasteiger partial charge in [0.25, 0.3) is 0 Å². The first-order chi connectivity index (χ1) is 12.0. The van der Waals surface area contributed by atoms with E-state index in [-0.39, 0.29) is 17.8 Å². The number of nitrogens with one attached hydrogen (secondary N) is 1. The van der Waals surface area contributed by atoms with Gasteiger partial charge in [0.05, 0.1) is 6.04 Å². The van der Waals surface area contributed by atoms with Crippen molar-refractivity contribution >= 4 is 11.7 Å². The fraction of sp³-hybridized carbons (Fsp3) is 0.444. The van der Waals surface area contributed by atoms with Gasteiger partial charge in [0, 0.05) is 44.4 Å². The normalized spacial score (nSPS) is 17.4. The number of piperazine rings is 1. The highest BCUT2D eigenvalue weighted by Crippen LogP contribution is 2.14. The molecule has 0 radical (unpaired) electrons. The summed E-state index contributed by atoms with van der Waals surface area (Å²) in [5.74, 6) is 0.827. The Hall–Kier alpha value is -2.25. The number of nitrogens with zero attached hydrogens (tertiary/aromatic N) is 3. The average Bonchev–Trinajstić information content (AvgIpc) is 3.02. The molecule has 2 heterocycles. The number of aromatic nitrogens is 1. The number of carbonyl (C=O) groups is 1. The Morgan fingerprint density at radius 1 is 1.32 bits per heavy atom. The van der Waals surface area contributed by atoms with Gasteiger partial charge in [0.2, 0.25) is 5.91 Å². The van der Waals surface area contributed by atoms with E-state index in [0.717, 1.165) is 26.2 Å². The third kappa shape index (κ3) is 4.43. The molecule has 7 heteroatoms. The zero-order valence-corrected chi connectivity index (χ0v) is 14.5. The molecule has 1 fully saturated rings. The summed E-state index contributed by atoms with van der Waals surface area (Å²) < 4.78 is 18.7. The molecule has 3 rings (SSSR count). The van der Waals surface area contributed by atoms with Gasteiger partial charge in [-0.2, -0.15) is 0 Å². The van der Waals surface area contributed by atoms with Crippen LogP contribution in [0.25, 0.3) is 0 Å². The van der Waals surface area contributed by atoms with Gasteiger partial charge in [-0.3, -0.25) is 14.6 Å². The van der Waals surface area contributed by atoms with Crippen molar-refractivity contribution in [2.24, 2.45) is 0 Å². The maximum atomic E-state index is 13.8. The van der Waals surface area contributed by atoms with Crippen LogP contribution in [0.2, 0.25) is 0 Å². The van der Waals surface area contributed by atoms with E-state index in [0.29, 0.717) is 23.7 Å². The van der Waals surface area contributed by atoms with E-state index in [1.165, 1.54) is 6.07 Å². The van der Waals surface area contributed by atoms with Crippen molar-refractivity contribution in [3.05, 3.63) is 47.5 Å². The Bertz CT molecular complexity index is 725. The van der Waals surface area contributed by atoms with Gasteiger partial charge in [0.1, 0.15) is 11.6 Å². The van der Waals surface area contributed by atoms with Gasteiger partial charge in [-0.15, -0.1) is 0 Å². The standard InChI is InChI=1S/C18H23FN4O2/c1-13-11-17(21-25-13)20-18(24)14(2)23-9-7-22(8-10-23)12-15-5-3-4-6-16(15)19/h3-6,11,14H,7-10,12H2,1-2H3,(H,20,21,24)/t14-/m0/s1. The summed E-state index contributed by atoms with van der Waals surface area (Å²) in [6.07, 6.45) is 0. The lowest BCUT2D eigenvalue weighted by molar-refractivity contribution is -0.121. The smallest absolute Gasteiger partial charge is 0.242 e. The number of hydrogen-bond donors (Lipinski definition) is 1. The summed E-state index contributed by atoms with van der Waals surface area (Å²) in [4.78, 5) is 16.7. The van der Waals surface area contributed by atoms with Crippen molar-refractivity contribution in [2.75, 3.05) is 31.5 Å². The van der Waals surface area contributed by atoms with Crippen LogP contribution in [-0.4, -0.2) is 53.1 Å². The fourth-order valence-corrected chi connectivity index (χ4v) is 3.00. The third-order valence-corrected chi connectivity index (χ3v) is 4.57. The summed E-state index contributed by atoms with van der Waals surface area (Å²) in [6.45, 7) is 7.39. The molecule has 1 aromatic heterocycles. The molecule has 25 heavy (non-hydrogen) atoms. The molecule has 0 bridgehead atoms. The van der Waals surface area contributed by atoms with Gasteiger partial charge >= 0.3 is 0 Å². The predicted octanol–water partition coefficient (Wildman–Crippen LogP) is 2.27. The number of carbonyl (C=O) groups excluding carboxylic acids is 1. The maximum absolute atomic E-state index is 13.8. The number of aryl methyl sites for hydroxylation is 1. The summed E-state index contributed by atoms with van der Waals surface area (Å²) in [6, 6.07) is 8.30. The molecule has 2 aromatic rings. The number of rotatable bonds is 5. The minimum absolute atomic E-state index is 0.101. The van der Waals surface area contributed by atoms with Gasteiger partial charge in [-0.1, -0.05) is 23.4 Å². The molecule has 1 aromatic carbocycles. The van der Waals surface area contributed by atoms with Crippen LogP contribution >= 0.6 is 0 Å². The molecule has 134 valence electrons. The zero-order valence-electron chi connectivity index (χ0n) is 14.5. The van der Waals surface area contributed by atoms with Crippen LogP contribution in [0.5, 0.6) is 0 Å². The fourth-order valence-electron chi connectivity index (χ4n) is 3.00. The van der Waals surface area contributed by atoms with Crippen LogP contribution in [0.4, 0.5) is 10.2 Å². The number of hydrogen-bond acceptors (Lipinski definition) is 5. The molecular formula is C18H23FN4O2. The molecule has 1 aliphatic heterocycles. The first-order valence-electron chi connectivity index (χ1n) is 8.47. The predicted molar refractivity (Wildman–Crippen MR) is 92.6 cm³/mol. The highest BCUT2D eigenvalue weighted by molar-refractivity contribution is 5.93. The van der Waals surface area contributed by atoms with Crippen molar-refractivity contribution in [2.45, 2.75) is 26.4 Å². The first kappa shape index (κ1) is 17.6. The second kappa shape index (κ2) is 7.76. The number of amides is 1. The third-order valence-electron chi connectivity index (χ3n) is 4.57. The Balaban J connectivity index is 1.49.